The highest BCUT2D eigenvalue weighted by Gasteiger charge is 2.34. The normalized spacial score (nSPS) is 17.5. The molecule has 0 spiro atoms. The molecule has 0 saturated carbocycles. The van der Waals surface area contributed by atoms with Gasteiger partial charge in [-0.15, -0.1) is 10.2 Å². The van der Waals surface area contributed by atoms with Gasteiger partial charge in [0.1, 0.15) is 0 Å². The van der Waals surface area contributed by atoms with E-state index in [1.54, 1.807) is 17.3 Å². The maximum Gasteiger partial charge on any atom is 0.233 e. The molecule has 162 valence electrons. The van der Waals surface area contributed by atoms with Gasteiger partial charge >= 0.3 is 0 Å². The van der Waals surface area contributed by atoms with E-state index in [4.69, 9.17) is 0 Å². The molecule has 4 rings (SSSR count). The summed E-state index contributed by atoms with van der Waals surface area (Å²) in [6.45, 7) is 2.36. The van der Waals surface area contributed by atoms with Gasteiger partial charge in [-0.05, 0) is 37.6 Å². The van der Waals surface area contributed by atoms with E-state index in [0.29, 0.717) is 23.9 Å². The third-order valence-corrected chi connectivity index (χ3v) is 7.89. The Morgan fingerprint density at radius 3 is 2.55 bits per heavy atom. The van der Waals surface area contributed by atoms with Gasteiger partial charge in [-0.2, -0.15) is 0 Å². The maximum absolute atomic E-state index is 12.9. The Kier molecular flexibility index (Phi) is 6.38. The second-order valence-electron chi connectivity index (χ2n) is 7.24. The largest absolute Gasteiger partial charge is 0.338 e. The number of carbonyl (C=O) groups is 1. The number of hydrogen-bond acceptors (Lipinski definition) is 7. The fourth-order valence-electron chi connectivity index (χ4n) is 3.73. The molecule has 3 aromatic rings. The SMILES string of the molecule is CCN(C(=O)CSc1nnc(-c2ccncc2)n1-c1ccccc1)[C@H]1CCS(=O)(=O)C1. The smallest absolute Gasteiger partial charge is 0.233 e. The van der Waals surface area contributed by atoms with Gasteiger partial charge in [-0.1, -0.05) is 30.0 Å². The van der Waals surface area contributed by atoms with Crippen molar-refractivity contribution in [3.8, 4) is 17.1 Å². The van der Waals surface area contributed by atoms with Crippen LogP contribution in [0.25, 0.3) is 17.1 Å². The van der Waals surface area contributed by atoms with Gasteiger partial charge < -0.3 is 4.90 Å². The van der Waals surface area contributed by atoms with Crippen LogP contribution in [0.1, 0.15) is 13.3 Å². The monoisotopic (exact) mass is 457 g/mol. The molecule has 0 unspecified atom stereocenters. The first-order chi connectivity index (χ1) is 15.0. The van der Waals surface area contributed by atoms with Gasteiger partial charge in [0.25, 0.3) is 0 Å². The Bertz CT molecular complexity index is 1150. The lowest BCUT2D eigenvalue weighted by molar-refractivity contribution is -0.129. The first-order valence-corrected chi connectivity index (χ1v) is 12.8. The minimum absolute atomic E-state index is 0.0453. The number of rotatable bonds is 7. The number of amides is 1. The van der Waals surface area contributed by atoms with E-state index in [9.17, 15) is 13.2 Å². The zero-order valence-electron chi connectivity index (χ0n) is 17.1. The van der Waals surface area contributed by atoms with Gasteiger partial charge in [-0.25, -0.2) is 8.42 Å². The maximum atomic E-state index is 12.9. The van der Waals surface area contributed by atoms with Gasteiger partial charge in [0.2, 0.25) is 5.91 Å². The first kappa shape index (κ1) is 21.5. The summed E-state index contributed by atoms with van der Waals surface area (Å²) in [6.07, 6.45) is 3.90. The zero-order valence-corrected chi connectivity index (χ0v) is 18.7. The van der Waals surface area contributed by atoms with E-state index >= 15 is 0 Å². The van der Waals surface area contributed by atoms with Crippen molar-refractivity contribution in [1.29, 1.82) is 0 Å². The summed E-state index contributed by atoms with van der Waals surface area (Å²) in [5.41, 5.74) is 1.76. The van der Waals surface area contributed by atoms with E-state index in [1.807, 2.05) is 54.0 Å². The van der Waals surface area contributed by atoms with Crippen molar-refractivity contribution in [2.75, 3.05) is 23.8 Å². The van der Waals surface area contributed by atoms with Crippen LogP contribution in [0.5, 0.6) is 0 Å². The number of sulfone groups is 1. The summed E-state index contributed by atoms with van der Waals surface area (Å²) in [7, 11) is -3.05. The summed E-state index contributed by atoms with van der Waals surface area (Å²) in [6, 6.07) is 13.2. The van der Waals surface area contributed by atoms with E-state index in [1.165, 1.54) is 11.8 Å². The minimum Gasteiger partial charge on any atom is -0.338 e. The van der Waals surface area contributed by atoms with Gasteiger partial charge in [0, 0.05) is 36.2 Å². The number of benzene rings is 1. The molecule has 0 bridgehead atoms. The number of aromatic nitrogens is 4. The van der Waals surface area contributed by atoms with E-state index in [2.05, 4.69) is 15.2 Å². The molecule has 31 heavy (non-hydrogen) atoms. The molecular formula is C21H23N5O3S2. The van der Waals surface area contributed by atoms with Gasteiger partial charge in [0.15, 0.2) is 20.8 Å². The first-order valence-electron chi connectivity index (χ1n) is 10.0. The standard InChI is InChI=1S/C21H23N5O3S2/c1-2-25(18-10-13-31(28,29)15-18)19(27)14-30-21-24-23-20(16-8-11-22-12-9-16)26(21)17-6-4-3-5-7-17/h3-9,11-12,18H,2,10,13-15H2,1H3/t18-/m0/s1. The van der Waals surface area contributed by atoms with Crippen LogP contribution in [0.4, 0.5) is 0 Å². The molecule has 1 amide bonds. The lowest BCUT2D eigenvalue weighted by Crippen LogP contribution is -2.42. The van der Waals surface area contributed by atoms with E-state index in [-0.39, 0.29) is 29.2 Å². The summed E-state index contributed by atoms with van der Waals surface area (Å²) >= 11 is 1.30. The number of thioether (sulfide) groups is 1. The topological polar surface area (TPSA) is 98.1 Å². The fourth-order valence-corrected chi connectivity index (χ4v) is 6.30. The molecule has 0 N–H and O–H groups in total. The molecule has 3 heterocycles. The van der Waals surface area contributed by atoms with Crippen LogP contribution in [-0.2, 0) is 14.6 Å². The minimum atomic E-state index is -3.05. The van der Waals surface area contributed by atoms with Crippen molar-refractivity contribution in [2.24, 2.45) is 0 Å². The van der Waals surface area contributed by atoms with Crippen LogP contribution in [0.15, 0.2) is 60.0 Å². The summed E-state index contributed by atoms with van der Waals surface area (Å²) in [4.78, 5) is 18.6. The number of pyridine rings is 1. The molecule has 2 aromatic heterocycles. The average molecular weight is 458 g/mol. The predicted octanol–water partition coefficient (Wildman–Crippen LogP) is 2.46. The Hall–Kier alpha value is -2.72. The van der Waals surface area contributed by atoms with Crippen LogP contribution in [0, 0.1) is 0 Å². The summed E-state index contributed by atoms with van der Waals surface area (Å²) in [5.74, 6) is 0.919. The third-order valence-electron chi connectivity index (χ3n) is 5.22. The van der Waals surface area contributed by atoms with Gasteiger partial charge in [-0.3, -0.25) is 14.3 Å². The van der Waals surface area contributed by atoms with E-state index < -0.39 is 9.84 Å². The molecule has 10 heteroatoms. The highest BCUT2D eigenvalue weighted by atomic mass is 32.2. The molecule has 0 radical (unpaired) electrons. The average Bonchev–Trinajstić information content (AvgIpc) is 3.37. The zero-order chi connectivity index (χ0) is 21.8. The number of nitrogens with zero attached hydrogens (tertiary/aromatic N) is 5. The molecule has 0 aliphatic carbocycles. The van der Waals surface area contributed by atoms with Crippen molar-refractivity contribution < 1.29 is 13.2 Å². The van der Waals surface area contributed by atoms with Crippen LogP contribution < -0.4 is 0 Å². The molecule has 1 aliphatic heterocycles. The van der Waals surface area contributed by atoms with Gasteiger partial charge in [0.05, 0.1) is 17.3 Å². The van der Waals surface area contributed by atoms with Crippen molar-refractivity contribution in [2.45, 2.75) is 24.5 Å². The second kappa shape index (κ2) is 9.19. The van der Waals surface area contributed by atoms with Crippen molar-refractivity contribution in [3.63, 3.8) is 0 Å². The lowest BCUT2D eigenvalue weighted by Gasteiger charge is -2.26. The molecule has 1 aromatic carbocycles. The third kappa shape index (κ3) is 4.80. The molecule has 1 fully saturated rings. The molecule has 1 saturated heterocycles. The summed E-state index contributed by atoms with van der Waals surface area (Å²) < 4.78 is 25.6. The Morgan fingerprint density at radius 1 is 1.16 bits per heavy atom. The Labute approximate surface area is 185 Å². The highest BCUT2D eigenvalue weighted by Crippen LogP contribution is 2.28. The molecule has 1 atom stereocenters. The Balaban J connectivity index is 1.57. The number of para-hydroxylation sites is 1. The summed E-state index contributed by atoms with van der Waals surface area (Å²) in [5, 5.41) is 9.30. The quantitative estimate of drug-likeness (QED) is 0.503. The predicted molar refractivity (Wildman–Crippen MR) is 120 cm³/mol. The van der Waals surface area contributed by atoms with Crippen molar-refractivity contribution in [3.05, 3.63) is 54.9 Å². The van der Waals surface area contributed by atoms with Crippen LogP contribution in [0.2, 0.25) is 0 Å². The fraction of sp³-hybridized carbons (Fsp3) is 0.333. The van der Waals surface area contributed by atoms with Crippen LogP contribution in [-0.4, -0.2) is 68.8 Å². The molecule has 1 aliphatic rings. The molecule has 8 nitrogen and oxygen atoms in total. The molecular weight excluding hydrogens is 434 g/mol. The number of hydrogen-bond donors (Lipinski definition) is 0. The second-order valence-corrected chi connectivity index (χ2v) is 10.4. The lowest BCUT2D eigenvalue weighted by atomic mass is 10.2. The van der Waals surface area contributed by atoms with Crippen molar-refractivity contribution >= 4 is 27.5 Å². The van der Waals surface area contributed by atoms with Crippen molar-refractivity contribution in [1.82, 2.24) is 24.6 Å². The van der Waals surface area contributed by atoms with E-state index in [0.717, 1.165) is 11.3 Å². The Morgan fingerprint density at radius 2 is 1.90 bits per heavy atom. The van der Waals surface area contributed by atoms with Crippen LogP contribution in [0.3, 0.4) is 0 Å². The van der Waals surface area contributed by atoms with Crippen LogP contribution >= 0.6 is 11.8 Å². The highest BCUT2D eigenvalue weighted by molar-refractivity contribution is 7.99. The number of carbonyl (C=O) groups excluding carboxylic acids is 1.